The average molecular weight is 312 g/mol. The van der Waals surface area contributed by atoms with Gasteiger partial charge in [0.05, 0.1) is 6.26 Å². The molecule has 3 rings (SSSR count). The highest BCUT2D eigenvalue weighted by Crippen LogP contribution is 2.26. The summed E-state index contributed by atoms with van der Waals surface area (Å²) in [6, 6.07) is 24.5. The van der Waals surface area contributed by atoms with E-state index >= 15 is 0 Å². The van der Waals surface area contributed by atoms with E-state index in [-0.39, 0.29) is 5.38 Å². The minimum Gasteiger partial charge on any atom is -0.468 e. The molecule has 0 radical (unpaired) electrons. The van der Waals surface area contributed by atoms with Crippen LogP contribution in [0.2, 0.25) is 0 Å². The normalized spacial score (nSPS) is 12.0. The summed E-state index contributed by atoms with van der Waals surface area (Å²) >= 11 is 6.52. The maximum absolute atomic E-state index is 6.52. The third-order valence-electron chi connectivity index (χ3n) is 3.57. The van der Waals surface area contributed by atoms with Crippen LogP contribution in [0.15, 0.2) is 83.5 Å². The second kappa shape index (κ2) is 7.19. The Labute approximate surface area is 135 Å². The highest BCUT2D eigenvalue weighted by Gasteiger charge is 2.16. The minimum absolute atomic E-state index is 0.182. The van der Waals surface area contributed by atoms with Crippen molar-refractivity contribution in [1.29, 1.82) is 0 Å². The van der Waals surface area contributed by atoms with Gasteiger partial charge in [-0.1, -0.05) is 48.5 Å². The number of anilines is 1. The summed E-state index contributed by atoms with van der Waals surface area (Å²) in [6.45, 7) is 1.50. The van der Waals surface area contributed by atoms with Gasteiger partial charge in [-0.25, -0.2) is 0 Å². The van der Waals surface area contributed by atoms with Crippen LogP contribution in [0.1, 0.15) is 16.7 Å². The Hall–Kier alpha value is -2.19. The molecule has 0 aliphatic rings. The van der Waals surface area contributed by atoms with E-state index in [2.05, 4.69) is 41.3 Å². The molecule has 0 saturated carbocycles. The smallest absolute Gasteiger partial charge is 0.123 e. The predicted molar refractivity (Wildman–Crippen MR) is 91.2 cm³/mol. The Kier molecular flexibility index (Phi) is 4.81. The Morgan fingerprint density at radius 2 is 1.55 bits per heavy atom. The molecule has 2 nitrogen and oxygen atoms in total. The fourth-order valence-corrected chi connectivity index (χ4v) is 2.75. The van der Waals surface area contributed by atoms with Crippen molar-refractivity contribution in [3.8, 4) is 0 Å². The molecule has 3 aromatic rings. The summed E-state index contributed by atoms with van der Waals surface area (Å²) in [5.74, 6) is 0.802. The Balaban J connectivity index is 1.80. The van der Waals surface area contributed by atoms with Crippen molar-refractivity contribution >= 4 is 17.3 Å². The Bertz CT molecular complexity index is 667. The van der Waals surface area contributed by atoms with Gasteiger partial charge in [0.1, 0.15) is 11.1 Å². The topological polar surface area (TPSA) is 16.4 Å². The van der Waals surface area contributed by atoms with Crippen LogP contribution in [-0.2, 0) is 6.54 Å². The third-order valence-corrected chi connectivity index (χ3v) is 3.92. The first kappa shape index (κ1) is 14.7. The largest absolute Gasteiger partial charge is 0.468 e. The van der Waals surface area contributed by atoms with Crippen LogP contribution in [0, 0.1) is 0 Å². The van der Waals surface area contributed by atoms with E-state index in [1.807, 2.05) is 36.4 Å². The number of nitrogens with zero attached hydrogens (tertiary/aromatic N) is 1. The van der Waals surface area contributed by atoms with Crippen molar-refractivity contribution in [3.63, 3.8) is 0 Å². The monoisotopic (exact) mass is 311 g/mol. The van der Waals surface area contributed by atoms with Gasteiger partial charge in [-0.15, -0.1) is 11.6 Å². The molecule has 0 N–H and O–H groups in total. The van der Waals surface area contributed by atoms with Crippen LogP contribution in [0.4, 0.5) is 5.69 Å². The molecule has 0 aliphatic heterocycles. The lowest BCUT2D eigenvalue weighted by atomic mass is 10.1. The fraction of sp³-hybridized carbons (Fsp3) is 0.158. The minimum atomic E-state index is -0.182. The molecule has 0 amide bonds. The number of para-hydroxylation sites is 1. The maximum Gasteiger partial charge on any atom is 0.123 e. The van der Waals surface area contributed by atoms with Crippen molar-refractivity contribution in [2.24, 2.45) is 0 Å². The summed E-state index contributed by atoms with van der Waals surface area (Å²) in [5, 5.41) is -0.182. The molecule has 0 fully saturated rings. The first-order valence-electron chi connectivity index (χ1n) is 7.34. The van der Waals surface area contributed by atoms with Crippen molar-refractivity contribution in [2.45, 2.75) is 11.9 Å². The zero-order valence-corrected chi connectivity index (χ0v) is 13.0. The van der Waals surface area contributed by atoms with E-state index < -0.39 is 0 Å². The number of benzene rings is 2. The van der Waals surface area contributed by atoms with Crippen LogP contribution < -0.4 is 4.90 Å². The molecule has 0 aliphatic carbocycles. The number of hydrogen-bond acceptors (Lipinski definition) is 2. The molecular formula is C19H18ClNO. The van der Waals surface area contributed by atoms with Gasteiger partial charge in [0.25, 0.3) is 0 Å². The van der Waals surface area contributed by atoms with Crippen LogP contribution in [0.3, 0.4) is 0 Å². The van der Waals surface area contributed by atoms with Gasteiger partial charge in [0.2, 0.25) is 0 Å². The van der Waals surface area contributed by atoms with Crippen molar-refractivity contribution < 1.29 is 4.42 Å². The van der Waals surface area contributed by atoms with Gasteiger partial charge in [0.15, 0.2) is 0 Å². The molecular weight excluding hydrogens is 294 g/mol. The number of rotatable bonds is 6. The van der Waals surface area contributed by atoms with Crippen LogP contribution in [-0.4, -0.2) is 6.54 Å². The van der Waals surface area contributed by atoms with E-state index in [9.17, 15) is 0 Å². The molecule has 0 saturated heterocycles. The molecule has 0 bridgehead atoms. The fourth-order valence-electron chi connectivity index (χ4n) is 2.46. The average Bonchev–Trinajstić information content (AvgIpc) is 3.11. The van der Waals surface area contributed by atoms with E-state index in [0.29, 0.717) is 6.54 Å². The van der Waals surface area contributed by atoms with Gasteiger partial charge in [-0.3, -0.25) is 0 Å². The summed E-state index contributed by atoms with van der Waals surface area (Å²) in [7, 11) is 0. The molecule has 112 valence electrons. The summed E-state index contributed by atoms with van der Waals surface area (Å²) in [6.07, 6.45) is 1.66. The molecule has 1 unspecified atom stereocenters. The lowest BCUT2D eigenvalue weighted by Crippen LogP contribution is -2.26. The maximum atomic E-state index is 6.52. The number of hydrogen-bond donors (Lipinski definition) is 0. The lowest BCUT2D eigenvalue weighted by molar-refractivity contribution is 0.500. The lowest BCUT2D eigenvalue weighted by Gasteiger charge is -2.26. The summed E-state index contributed by atoms with van der Waals surface area (Å²) in [5.41, 5.74) is 2.42. The second-order valence-corrected chi connectivity index (χ2v) is 5.71. The number of halogens is 1. The van der Waals surface area contributed by atoms with E-state index in [4.69, 9.17) is 16.0 Å². The van der Waals surface area contributed by atoms with Crippen molar-refractivity contribution in [3.05, 3.63) is 90.4 Å². The SMILES string of the molecule is ClC(CN(Cc1ccccc1)c1ccccc1)c1ccco1. The Morgan fingerprint density at radius 1 is 0.864 bits per heavy atom. The van der Waals surface area contributed by atoms with Gasteiger partial charge < -0.3 is 9.32 Å². The summed E-state index contributed by atoms with van der Waals surface area (Å²) < 4.78 is 5.42. The summed E-state index contributed by atoms with van der Waals surface area (Å²) in [4.78, 5) is 2.27. The van der Waals surface area contributed by atoms with Crippen molar-refractivity contribution in [1.82, 2.24) is 0 Å². The van der Waals surface area contributed by atoms with E-state index in [1.165, 1.54) is 5.56 Å². The van der Waals surface area contributed by atoms with Crippen LogP contribution in [0.25, 0.3) is 0 Å². The zero-order valence-electron chi connectivity index (χ0n) is 12.2. The first-order valence-corrected chi connectivity index (χ1v) is 7.78. The van der Waals surface area contributed by atoms with Gasteiger partial charge in [-0.2, -0.15) is 0 Å². The molecule has 1 heterocycles. The molecule has 3 heteroatoms. The molecule has 1 atom stereocenters. The van der Waals surface area contributed by atoms with Gasteiger partial charge in [-0.05, 0) is 29.8 Å². The van der Waals surface area contributed by atoms with Gasteiger partial charge in [0, 0.05) is 18.8 Å². The first-order chi connectivity index (χ1) is 10.8. The van der Waals surface area contributed by atoms with Crippen LogP contribution >= 0.6 is 11.6 Å². The zero-order chi connectivity index (χ0) is 15.2. The third kappa shape index (κ3) is 3.71. The highest BCUT2D eigenvalue weighted by atomic mass is 35.5. The second-order valence-electron chi connectivity index (χ2n) is 5.18. The standard InChI is InChI=1S/C19H18ClNO/c20-18(19-12-7-13-22-19)15-21(17-10-5-2-6-11-17)14-16-8-3-1-4-9-16/h1-13,18H,14-15H2. The molecule has 1 aromatic heterocycles. The molecule has 0 spiro atoms. The number of furan rings is 1. The van der Waals surface area contributed by atoms with Crippen LogP contribution in [0.5, 0.6) is 0 Å². The quantitative estimate of drug-likeness (QED) is 0.577. The van der Waals surface area contributed by atoms with E-state index in [1.54, 1.807) is 6.26 Å². The predicted octanol–water partition coefficient (Wildman–Crippen LogP) is 5.27. The van der Waals surface area contributed by atoms with Gasteiger partial charge >= 0.3 is 0 Å². The van der Waals surface area contributed by atoms with E-state index in [0.717, 1.165) is 18.0 Å². The number of alkyl halides is 1. The highest BCUT2D eigenvalue weighted by molar-refractivity contribution is 6.20. The van der Waals surface area contributed by atoms with Crippen molar-refractivity contribution in [2.75, 3.05) is 11.4 Å². The molecule has 22 heavy (non-hydrogen) atoms. The Morgan fingerprint density at radius 3 is 2.18 bits per heavy atom. The molecule has 2 aromatic carbocycles.